The number of halogens is 1. The number of hydrogen-bond acceptors (Lipinski definition) is 7. The molecule has 3 heterocycles. The molecule has 0 aliphatic carbocycles. The van der Waals surface area contributed by atoms with Gasteiger partial charge in [-0.3, -0.25) is 4.98 Å². The normalized spacial score (nSPS) is 11.3. The van der Waals surface area contributed by atoms with Gasteiger partial charge in [0.2, 0.25) is 0 Å². The number of nitrogens with zero attached hydrogens (tertiary/aromatic N) is 3. The SMILES string of the molecule is OCC(CO)c1nc(NCc2ccccn2)c2c(-c3ccc(F)cc3)csc2n1. The Labute approximate surface area is 170 Å². The van der Waals surface area contributed by atoms with Crippen molar-refractivity contribution in [3.63, 3.8) is 0 Å². The number of pyridine rings is 1. The minimum atomic E-state index is -0.564. The number of aromatic nitrogens is 3. The third kappa shape index (κ3) is 4.09. The maximum absolute atomic E-state index is 13.4. The van der Waals surface area contributed by atoms with E-state index in [1.165, 1.54) is 23.5 Å². The van der Waals surface area contributed by atoms with Crippen molar-refractivity contribution < 1.29 is 14.6 Å². The molecule has 0 aliphatic heterocycles. The molecule has 0 atom stereocenters. The minimum absolute atomic E-state index is 0.252. The molecule has 0 spiro atoms. The van der Waals surface area contributed by atoms with Crippen LogP contribution in [0.2, 0.25) is 0 Å². The summed E-state index contributed by atoms with van der Waals surface area (Å²) in [6.45, 7) is -0.0518. The summed E-state index contributed by atoms with van der Waals surface area (Å²) >= 11 is 1.44. The molecule has 3 N–H and O–H groups in total. The van der Waals surface area contributed by atoms with Crippen LogP contribution in [-0.2, 0) is 6.54 Å². The van der Waals surface area contributed by atoms with Gasteiger partial charge in [-0.2, -0.15) is 0 Å². The van der Waals surface area contributed by atoms with Crippen molar-refractivity contribution in [1.82, 2.24) is 15.0 Å². The number of anilines is 1. The lowest BCUT2D eigenvalue weighted by Crippen LogP contribution is -2.14. The monoisotopic (exact) mass is 410 g/mol. The van der Waals surface area contributed by atoms with Gasteiger partial charge in [0.1, 0.15) is 22.3 Å². The molecule has 0 fully saturated rings. The van der Waals surface area contributed by atoms with Gasteiger partial charge >= 0.3 is 0 Å². The number of fused-ring (bicyclic) bond motifs is 1. The number of nitrogens with one attached hydrogen (secondary N) is 1. The lowest BCUT2D eigenvalue weighted by molar-refractivity contribution is 0.188. The van der Waals surface area contributed by atoms with Crippen molar-refractivity contribution in [2.24, 2.45) is 0 Å². The predicted octanol–water partition coefficient (Wildman–Crippen LogP) is 3.57. The molecule has 0 aliphatic rings. The molecule has 148 valence electrons. The molecule has 29 heavy (non-hydrogen) atoms. The molecule has 0 unspecified atom stereocenters. The number of hydrogen-bond donors (Lipinski definition) is 3. The van der Waals surface area contributed by atoms with Gasteiger partial charge in [-0.25, -0.2) is 14.4 Å². The molecule has 6 nitrogen and oxygen atoms in total. The van der Waals surface area contributed by atoms with Crippen molar-refractivity contribution in [2.45, 2.75) is 12.5 Å². The molecule has 4 aromatic rings. The summed E-state index contributed by atoms with van der Waals surface area (Å²) in [7, 11) is 0. The van der Waals surface area contributed by atoms with E-state index in [-0.39, 0.29) is 19.0 Å². The molecular weight excluding hydrogens is 391 g/mol. The summed E-state index contributed by atoms with van der Waals surface area (Å²) in [5.41, 5.74) is 2.60. The lowest BCUT2D eigenvalue weighted by atomic mass is 10.1. The largest absolute Gasteiger partial charge is 0.396 e. The molecule has 0 saturated carbocycles. The number of aliphatic hydroxyl groups is 2. The van der Waals surface area contributed by atoms with E-state index in [2.05, 4.69) is 20.3 Å². The van der Waals surface area contributed by atoms with Crippen LogP contribution in [0.5, 0.6) is 0 Å². The maximum Gasteiger partial charge on any atom is 0.140 e. The molecule has 0 bridgehead atoms. The van der Waals surface area contributed by atoms with Crippen molar-refractivity contribution in [2.75, 3.05) is 18.5 Å². The van der Waals surface area contributed by atoms with E-state index in [1.807, 2.05) is 23.6 Å². The fourth-order valence-electron chi connectivity index (χ4n) is 3.01. The molecule has 3 aromatic heterocycles. The van der Waals surface area contributed by atoms with E-state index in [0.717, 1.165) is 27.0 Å². The molecule has 0 saturated heterocycles. The first kappa shape index (κ1) is 19.4. The van der Waals surface area contributed by atoms with Crippen LogP contribution in [0.15, 0.2) is 54.0 Å². The number of aliphatic hydroxyl groups excluding tert-OH is 2. The fraction of sp³-hybridized carbons (Fsp3) is 0.190. The first-order valence-corrected chi connectivity index (χ1v) is 9.98. The minimum Gasteiger partial charge on any atom is -0.396 e. The zero-order chi connectivity index (χ0) is 20.2. The summed E-state index contributed by atoms with van der Waals surface area (Å²) < 4.78 is 13.4. The number of rotatable bonds is 7. The van der Waals surface area contributed by atoms with Crippen molar-refractivity contribution in [3.8, 4) is 11.1 Å². The maximum atomic E-state index is 13.4. The van der Waals surface area contributed by atoms with Crippen molar-refractivity contribution in [3.05, 3.63) is 71.4 Å². The summed E-state index contributed by atoms with van der Waals surface area (Å²) in [4.78, 5) is 14.2. The van der Waals surface area contributed by atoms with Gasteiger partial charge in [0.05, 0.1) is 36.8 Å². The fourth-order valence-corrected chi connectivity index (χ4v) is 3.96. The van der Waals surface area contributed by atoms with Gasteiger partial charge in [0, 0.05) is 17.1 Å². The summed E-state index contributed by atoms with van der Waals surface area (Å²) in [6.07, 6.45) is 1.72. The van der Waals surface area contributed by atoms with Gasteiger partial charge in [-0.1, -0.05) is 18.2 Å². The Morgan fingerprint density at radius 3 is 2.52 bits per heavy atom. The quantitative estimate of drug-likeness (QED) is 0.431. The van der Waals surface area contributed by atoms with Gasteiger partial charge in [0.25, 0.3) is 0 Å². The predicted molar refractivity (Wildman–Crippen MR) is 111 cm³/mol. The van der Waals surface area contributed by atoms with Gasteiger partial charge in [-0.05, 0) is 29.8 Å². The van der Waals surface area contributed by atoms with Crippen LogP contribution in [-0.4, -0.2) is 38.4 Å². The van der Waals surface area contributed by atoms with Crippen LogP contribution in [0.3, 0.4) is 0 Å². The molecular formula is C21H19FN4O2S. The first-order valence-electron chi connectivity index (χ1n) is 9.10. The molecule has 0 amide bonds. The van der Waals surface area contributed by atoms with Gasteiger partial charge in [-0.15, -0.1) is 11.3 Å². The highest BCUT2D eigenvalue weighted by Crippen LogP contribution is 2.37. The van der Waals surface area contributed by atoms with Crippen molar-refractivity contribution >= 4 is 27.4 Å². The third-order valence-corrected chi connectivity index (χ3v) is 5.45. The third-order valence-electron chi connectivity index (χ3n) is 4.58. The highest BCUT2D eigenvalue weighted by molar-refractivity contribution is 7.17. The summed E-state index contributed by atoms with van der Waals surface area (Å²) in [6, 6.07) is 11.9. The highest BCUT2D eigenvalue weighted by atomic mass is 32.1. The second-order valence-corrected chi connectivity index (χ2v) is 7.36. The Morgan fingerprint density at radius 1 is 1.03 bits per heavy atom. The van der Waals surface area contributed by atoms with Gasteiger partial charge in [0.15, 0.2) is 0 Å². The number of thiophene rings is 1. The van der Waals surface area contributed by atoms with Crippen LogP contribution in [0.25, 0.3) is 21.3 Å². The smallest absolute Gasteiger partial charge is 0.140 e. The van der Waals surface area contributed by atoms with Gasteiger partial charge < -0.3 is 15.5 Å². The second-order valence-electron chi connectivity index (χ2n) is 6.50. The van der Waals surface area contributed by atoms with Crippen molar-refractivity contribution in [1.29, 1.82) is 0 Å². The van der Waals surface area contributed by atoms with E-state index in [1.54, 1.807) is 18.3 Å². The van der Waals surface area contributed by atoms with Crippen LogP contribution in [0, 0.1) is 5.82 Å². The zero-order valence-corrected chi connectivity index (χ0v) is 16.2. The Bertz CT molecular complexity index is 1100. The molecule has 1 aromatic carbocycles. The highest BCUT2D eigenvalue weighted by Gasteiger charge is 2.20. The average molecular weight is 410 g/mol. The van der Waals surface area contributed by atoms with Crippen LogP contribution < -0.4 is 5.32 Å². The van der Waals surface area contributed by atoms with E-state index in [0.29, 0.717) is 18.2 Å². The topological polar surface area (TPSA) is 91.2 Å². The standard InChI is InChI=1S/C21H19FN4O2S/c22-15-6-4-13(5-7-15)17-12-29-21-18(17)20(24-9-16-3-1-2-8-23-16)25-19(26-21)14(10-27)11-28/h1-8,12,14,27-28H,9-11H2,(H,24,25,26). The van der Waals surface area contributed by atoms with E-state index in [4.69, 9.17) is 0 Å². The summed E-state index contributed by atoms with van der Waals surface area (Å²) in [5, 5.41) is 25.2. The molecule has 0 radical (unpaired) electrons. The molecule has 4 rings (SSSR count). The first-order chi connectivity index (χ1) is 14.2. The van der Waals surface area contributed by atoms with E-state index < -0.39 is 5.92 Å². The zero-order valence-electron chi connectivity index (χ0n) is 15.4. The Hall–Kier alpha value is -2.94. The molecule has 8 heteroatoms. The average Bonchev–Trinajstić information content (AvgIpc) is 3.18. The summed E-state index contributed by atoms with van der Waals surface area (Å²) in [5.74, 6) is 0.0990. The second kappa shape index (κ2) is 8.60. The Balaban J connectivity index is 1.81. The lowest BCUT2D eigenvalue weighted by Gasteiger charge is -2.14. The van der Waals surface area contributed by atoms with E-state index >= 15 is 0 Å². The van der Waals surface area contributed by atoms with Crippen LogP contribution >= 0.6 is 11.3 Å². The Kier molecular flexibility index (Phi) is 5.75. The van der Waals surface area contributed by atoms with E-state index in [9.17, 15) is 14.6 Å². The number of benzene rings is 1. The Morgan fingerprint density at radius 2 is 1.83 bits per heavy atom. The van der Waals surface area contributed by atoms with Crippen LogP contribution in [0.1, 0.15) is 17.4 Å². The van der Waals surface area contributed by atoms with Crippen LogP contribution in [0.4, 0.5) is 10.2 Å².